The Labute approximate surface area is 333 Å². The molecule has 0 unspecified atom stereocenters. The maximum Gasteiger partial charge on any atom is 0.0734 e. The lowest BCUT2D eigenvalue weighted by Gasteiger charge is -2.35. The standard InChI is InChI=1S/C55H38N2/c1-5-20-41(21-6-1)55(42-22-7-2-8-23-42)50-32-15-13-29-46(50)49-31-18-34-52(54(49)55)57-51-33-16-14-30-47(51)48-36-35-40(38-53(48)57)39-19-17-28-45(37-39)56(43-24-9-3-10-25-43)44-26-11-4-12-27-44/h1-38H. The molecule has 1 aliphatic rings. The first kappa shape index (κ1) is 33.0. The smallest absolute Gasteiger partial charge is 0.0734 e. The van der Waals surface area contributed by atoms with Crippen LogP contribution in [-0.4, -0.2) is 4.57 Å². The van der Waals surface area contributed by atoms with Crippen LogP contribution < -0.4 is 4.90 Å². The van der Waals surface area contributed by atoms with Crippen LogP contribution in [0.3, 0.4) is 0 Å². The highest BCUT2D eigenvalue weighted by atomic mass is 15.1. The molecule has 0 fully saturated rings. The van der Waals surface area contributed by atoms with Crippen LogP contribution >= 0.6 is 0 Å². The van der Waals surface area contributed by atoms with E-state index >= 15 is 0 Å². The quantitative estimate of drug-likeness (QED) is 0.159. The van der Waals surface area contributed by atoms with Crippen LogP contribution in [0.5, 0.6) is 0 Å². The minimum absolute atomic E-state index is 0.535. The van der Waals surface area contributed by atoms with Gasteiger partial charge in [-0.1, -0.05) is 176 Å². The summed E-state index contributed by atoms with van der Waals surface area (Å²) in [5.74, 6) is 0. The Kier molecular flexibility index (Phi) is 7.75. The topological polar surface area (TPSA) is 8.17 Å². The normalized spacial score (nSPS) is 12.7. The summed E-state index contributed by atoms with van der Waals surface area (Å²) in [4.78, 5) is 2.33. The average Bonchev–Trinajstić information content (AvgIpc) is 3.79. The number of benzene rings is 9. The molecular weight excluding hydrogens is 689 g/mol. The van der Waals surface area contributed by atoms with Crippen molar-refractivity contribution >= 4 is 38.9 Å². The molecule has 0 aliphatic heterocycles. The van der Waals surface area contributed by atoms with E-state index in [1.54, 1.807) is 0 Å². The van der Waals surface area contributed by atoms with Crippen LogP contribution in [0, 0.1) is 0 Å². The molecule has 0 atom stereocenters. The van der Waals surface area contributed by atoms with Crippen LogP contribution in [0.15, 0.2) is 231 Å². The number of hydrogen-bond donors (Lipinski definition) is 0. The molecule has 2 heteroatoms. The van der Waals surface area contributed by atoms with Crippen molar-refractivity contribution in [2.24, 2.45) is 0 Å². The van der Waals surface area contributed by atoms with Crippen molar-refractivity contribution in [3.05, 3.63) is 253 Å². The fourth-order valence-corrected chi connectivity index (χ4v) is 9.50. The second-order valence-corrected chi connectivity index (χ2v) is 14.9. The molecule has 0 radical (unpaired) electrons. The molecule has 9 aromatic carbocycles. The highest BCUT2D eigenvalue weighted by Crippen LogP contribution is 2.58. The van der Waals surface area contributed by atoms with E-state index in [1.807, 2.05) is 0 Å². The van der Waals surface area contributed by atoms with Crippen molar-refractivity contribution in [3.8, 4) is 27.9 Å². The Morgan fingerprint density at radius 3 is 1.58 bits per heavy atom. The van der Waals surface area contributed by atoms with Crippen molar-refractivity contribution in [3.63, 3.8) is 0 Å². The lowest BCUT2D eigenvalue weighted by atomic mass is 9.67. The monoisotopic (exact) mass is 726 g/mol. The van der Waals surface area contributed by atoms with Gasteiger partial charge in [-0.05, 0) is 93.5 Å². The first-order chi connectivity index (χ1) is 28.3. The maximum atomic E-state index is 2.53. The SMILES string of the molecule is c1ccc(N(c2ccccc2)c2cccc(-c3ccc4c5ccccc5n(-c5cccc6c5C(c5ccccc5)(c5ccccc5)c5ccccc5-6)c4c3)c2)cc1. The summed E-state index contributed by atoms with van der Waals surface area (Å²) < 4.78 is 2.53. The van der Waals surface area contributed by atoms with E-state index in [9.17, 15) is 0 Å². The first-order valence-corrected chi connectivity index (χ1v) is 19.7. The van der Waals surface area contributed by atoms with Crippen molar-refractivity contribution < 1.29 is 0 Å². The molecule has 268 valence electrons. The van der Waals surface area contributed by atoms with Gasteiger partial charge in [0, 0.05) is 33.4 Å². The van der Waals surface area contributed by atoms with Gasteiger partial charge in [-0.2, -0.15) is 0 Å². The van der Waals surface area contributed by atoms with Crippen LogP contribution in [0.2, 0.25) is 0 Å². The van der Waals surface area contributed by atoms with Crippen LogP contribution in [0.1, 0.15) is 22.3 Å². The Morgan fingerprint density at radius 2 is 0.877 bits per heavy atom. The molecule has 1 aliphatic carbocycles. The summed E-state index contributed by atoms with van der Waals surface area (Å²) in [6.07, 6.45) is 0. The van der Waals surface area contributed by atoms with Gasteiger partial charge in [-0.15, -0.1) is 0 Å². The summed E-state index contributed by atoms with van der Waals surface area (Å²) >= 11 is 0. The average molecular weight is 727 g/mol. The van der Waals surface area contributed by atoms with Crippen molar-refractivity contribution in [2.75, 3.05) is 4.90 Å². The van der Waals surface area contributed by atoms with Gasteiger partial charge < -0.3 is 9.47 Å². The molecule has 1 aromatic heterocycles. The number of nitrogens with zero attached hydrogens (tertiary/aromatic N) is 2. The fraction of sp³-hybridized carbons (Fsp3) is 0.0182. The molecule has 57 heavy (non-hydrogen) atoms. The van der Waals surface area contributed by atoms with Crippen molar-refractivity contribution in [1.82, 2.24) is 4.57 Å². The van der Waals surface area contributed by atoms with Gasteiger partial charge in [0.25, 0.3) is 0 Å². The molecule has 11 rings (SSSR count). The zero-order valence-electron chi connectivity index (χ0n) is 31.3. The molecule has 1 heterocycles. The van der Waals surface area contributed by atoms with Gasteiger partial charge in [0.2, 0.25) is 0 Å². The lowest BCUT2D eigenvalue weighted by molar-refractivity contribution is 0.762. The Bertz CT molecular complexity index is 2980. The van der Waals surface area contributed by atoms with Crippen molar-refractivity contribution in [2.45, 2.75) is 5.41 Å². The van der Waals surface area contributed by atoms with Gasteiger partial charge in [-0.3, -0.25) is 0 Å². The largest absolute Gasteiger partial charge is 0.310 e. The zero-order chi connectivity index (χ0) is 37.8. The number of para-hydroxylation sites is 3. The van der Waals surface area contributed by atoms with Crippen LogP contribution in [0.25, 0.3) is 49.7 Å². The summed E-state index contributed by atoms with van der Waals surface area (Å²) in [5.41, 5.74) is 16.4. The highest BCUT2D eigenvalue weighted by molar-refractivity contribution is 6.11. The summed E-state index contributed by atoms with van der Waals surface area (Å²) in [7, 11) is 0. The third-order valence-corrected chi connectivity index (χ3v) is 11.8. The zero-order valence-corrected chi connectivity index (χ0v) is 31.3. The molecule has 0 amide bonds. The number of hydrogen-bond acceptors (Lipinski definition) is 1. The number of rotatable bonds is 7. The van der Waals surface area contributed by atoms with Crippen LogP contribution in [-0.2, 0) is 5.41 Å². The molecular formula is C55H38N2. The third-order valence-electron chi connectivity index (χ3n) is 11.8. The highest BCUT2D eigenvalue weighted by Gasteiger charge is 2.48. The lowest BCUT2D eigenvalue weighted by Crippen LogP contribution is -2.29. The Hall–Kier alpha value is -7.42. The molecule has 10 aromatic rings. The fourth-order valence-electron chi connectivity index (χ4n) is 9.50. The predicted molar refractivity (Wildman–Crippen MR) is 238 cm³/mol. The van der Waals surface area contributed by atoms with E-state index in [0.717, 1.165) is 22.6 Å². The number of aromatic nitrogens is 1. The van der Waals surface area contributed by atoms with Crippen LogP contribution in [0.4, 0.5) is 17.1 Å². The van der Waals surface area contributed by atoms with E-state index in [1.165, 1.54) is 66.4 Å². The summed E-state index contributed by atoms with van der Waals surface area (Å²) in [6.45, 7) is 0. The van der Waals surface area contributed by atoms with E-state index < -0.39 is 5.41 Å². The molecule has 0 N–H and O–H groups in total. The second-order valence-electron chi connectivity index (χ2n) is 14.9. The predicted octanol–water partition coefficient (Wildman–Crippen LogP) is 14.3. The van der Waals surface area contributed by atoms with E-state index in [4.69, 9.17) is 0 Å². The number of anilines is 3. The van der Waals surface area contributed by atoms with Gasteiger partial charge in [0.05, 0.1) is 22.1 Å². The Balaban J connectivity index is 1.17. The molecule has 0 bridgehead atoms. The molecule has 2 nitrogen and oxygen atoms in total. The third kappa shape index (κ3) is 5.11. The van der Waals surface area contributed by atoms with Gasteiger partial charge in [-0.25, -0.2) is 0 Å². The number of fused-ring (bicyclic) bond motifs is 6. The van der Waals surface area contributed by atoms with Gasteiger partial charge in [0.15, 0.2) is 0 Å². The summed E-state index contributed by atoms with van der Waals surface area (Å²) in [5, 5.41) is 2.48. The van der Waals surface area contributed by atoms with E-state index in [2.05, 4.69) is 240 Å². The second kappa shape index (κ2) is 13.4. The minimum Gasteiger partial charge on any atom is -0.310 e. The molecule has 0 saturated heterocycles. The Morgan fingerprint density at radius 1 is 0.351 bits per heavy atom. The maximum absolute atomic E-state index is 2.53. The minimum atomic E-state index is -0.535. The molecule has 0 spiro atoms. The summed E-state index contributed by atoms with van der Waals surface area (Å²) in [6, 6.07) is 84.2. The van der Waals surface area contributed by atoms with E-state index in [0.29, 0.717) is 0 Å². The van der Waals surface area contributed by atoms with Gasteiger partial charge in [0.1, 0.15) is 0 Å². The van der Waals surface area contributed by atoms with E-state index in [-0.39, 0.29) is 0 Å². The van der Waals surface area contributed by atoms with Crippen molar-refractivity contribution in [1.29, 1.82) is 0 Å². The molecule has 0 saturated carbocycles. The first-order valence-electron chi connectivity index (χ1n) is 19.7. The van der Waals surface area contributed by atoms with Gasteiger partial charge >= 0.3 is 0 Å².